The van der Waals surface area contributed by atoms with E-state index >= 15 is 0 Å². The van der Waals surface area contributed by atoms with E-state index in [9.17, 15) is 4.79 Å². The van der Waals surface area contributed by atoms with Crippen molar-refractivity contribution >= 4 is 37.8 Å². The van der Waals surface area contributed by atoms with Crippen molar-refractivity contribution in [3.8, 4) is 0 Å². The minimum absolute atomic E-state index is 0.0297. The zero-order valence-electron chi connectivity index (χ0n) is 10.1. The lowest BCUT2D eigenvalue weighted by atomic mass is 10.1. The average molecular weight is 380 g/mol. The quantitative estimate of drug-likeness (QED) is 0.715. The third kappa shape index (κ3) is 5.48. The van der Waals surface area contributed by atoms with Crippen molar-refractivity contribution in [2.75, 3.05) is 19.8 Å². The van der Waals surface area contributed by atoms with E-state index in [2.05, 4.69) is 50.2 Å². The number of ether oxygens (including phenoxy) is 1. The van der Waals surface area contributed by atoms with Crippen molar-refractivity contribution in [3.63, 3.8) is 0 Å². The molecule has 18 heavy (non-hydrogen) atoms. The van der Waals surface area contributed by atoms with Gasteiger partial charge in [0.15, 0.2) is 0 Å². The van der Waals surface area contributed by atoms with Gasteiger partial charge in [0.25, 0.3) is 0 Å². The molecule has 0 saturated heterocycles. The number of amides is 1. The van der Waals surface area contributed by atoms with Gasteiger partial charge >= 0.3 is 0 Å². The number of halogens is 2. The Labute approximate surface area is 124 Å². The lowest BCUT2D eigenvalue weighted by Gasteiger charge is -2.16. The molecule has 0 heterocycles. The summed E-state index contributed by atoms with van der Waals surface area (Å²) in [6.07, 6.45) is 0. The predicted molar refractivity (Wildman–Crippen MR) is 78.3 cm³/mol. The monoisotopic (exact) mass is 378 g/mol. The number of nitrogens with two attached hydrogens (primary N) is 1. The summed E-state index contributed by atoms with van der Waals surface area (Å²) in [7, 11) is 0. The molecule has 1 aromatic rings. The molecule has 0 fully saturated rings. The minimum atomic E-state index is -0.446. The summed E-state index contributed by atoms with van der Waals surface area (Å²) in [5, 5.41) is 3.31. The van der Waals surface area contributed by atoms with E-state index in [0.717, 1.165) is 8.95 Å². The predicted octanol–water partition coefficient (Wildman–Crippen LogP) is 2.36. The van der Waals surface area contributed by atoms with Gasteiger partial charge in [-0.15, -0.1) is 0 Å². The van der Waals surface area contributed by atoms with Gasteiger partial charge in [0.2, 0.25) is 5.91 Å². The summed E-state index contributed by atoms with van der Waals surface area (Å²) < 4.78 is 7.16. The van der Waals surface area contributed by atoms with Gasteiger partial charge in [0.05, 0.1) is 6.61 Å². The lowest BCUT2D eigenvalue weighted by molar-refractivity contribution is -0.122. The summed E-state index contributed by atoms with van der Waals surface area (Å²) >= 11 is 6.94. The molecule has 0 saturated carbocycles. The molecule has 3 N–H and O–H groups in total. The molecule has 0 aliphatic heterocycles. The highest BCUT2D eigenvalue weighted by atomic mass is 79.9. The van der Waals surface area contributed by atoms with Gasteiger partial charge < -0.3 is 15.8 Å². The van der Waals surface area contributed by atoms with E-state index in [1.54, 1.807) is 0 Å². The molecule has 0 aliphatic rings. The number of carbonyl (C=O) groups is 1. The Balaban J connectivity index is 2.36. The highest BCUT2D eigenvalue weighted by Gasteiger charge is 2.08. The van der Waals surface area contributed by atoms with Crippen molar-refractivity contribution in [3.05, 3.63) is 32.7 Å². The van der Waals surface area contributed by atoms with Gasteiger partial charge in [-0.3, -0.25) is 4.79 Å². The van der Waals surface area contributed by atoms with Crippen molar-refractivity contribution in [2.24, 2.45) is 5.73 Å². The molecule has 1 rings (SSSR count). The number of rotatable bonds is 7. The van der Waals surface area contributed by atoms with Crippen LogP contribution in [0.3, 0.4) is 0 Å². The Bertz CT molecular complexity index is 413. The van der Waals surface area contributed by atoms with E-state index in [1.807, 2.05) is 12.1 Å². The number of nitrogens with one attached hydrogen (secondary N) is 1. The molecular formula is C12H16Br2N2O2. The van der Waals surface area contributed by atoms with E-state index < -0.39 is 5.91 Å². The molecule has 100 valence electrons. The molecule has 0 radical (unpaired) electrons. The second-order valence-electron chi connectivity index (χ2n) is 3.86. The Kier molecular flexibility index (Phi) is 6.85. The summed E-state index contributed by atoms with van der Waals surface area (Å²) in [5.74, 6) is -0.446. The van der Waals surface area contributed by atoms with Gasteiger partial charge in [-0.1, -0.05) is 37.9 Å². The topological polar surface area (TPSA) is 64.3 Å². The van der Waals surface area contributed by atoms with Crippen LogP contribution < -0.4 is 11.1 Å². The highest BCUT2D eigenvalue weighted by Crippen LogP contribution is 2.26. The van der Waals surface area contributed by atoms with Crippen molar-refractivity contribution < 1.29 is 9.53 Å². The van der Waals surface area contributed by atoms with E-state index in [1.165, 1.54) is 5.56 Å². The van der Waals surface area contributed by atoms with Gasteiger partial charge in [0, 0.05) is 21.5 Å². The maximum absolute atomic E-state index is 10.5. The fraction of sp³-hybridized carbons (Fsp3) is 0.417. The third-order valence-corrected chi connectivity index (χ3v) is 3.55. The molecule has 1 unspecified atom stereocenters. The molecule has 0 aromatic heterocycles. The van der Waals surface area contributed by atoms with E-state index in [0.29, 0.717) is 13.2 Å². The minimum Gasteiger partial charge on any atom is -0.370 e. The number of hydrogen-bond acceptors (Lipinski definition) is 3. The highest BCUT2D eigenvalue weighted by molar-refractivity contribution is 9.11. The average Bonchev–Trinajstić information content (AvgIpc) is 2.27. The molecule has 6 heteroatoms. The molecular weight excluding hydrogens is 364 g/mol. The van der Waals surface area contributed by atoms with Gasteiger partial charge in [-0.05, 0) is 24.6 Å². The first kappa shape index (κ1) is 15.6. The van der Waals surface area contributed by atoms with Crippen molar-refractivity contribution in [1.82, 2.24) is 5.32 Å². The molecule has 0 bridgehead atoms. The van der Waals surface area contributed by atoms with E-state index in [-0.39, 0.29) is 12.6 Å². The first-order chi connectivity index (χ1) is 8.50. The van der Waals surface area contributed by atoms with Crippen LogP contribution in [0.1, 0.15) is 18.5 Å². The zero-order valence-corrected chi connectivity index (χ0v) is 13.3. The number of carbonyl (C=O) groups excluding carboxylic acids is 1. The standard InChI is InChI=1S/C12H16Br2N2O2/c1-8(16-4-5-18-7-12(15)17)10-3-2-9(13)6-11(10)14/h2-3,6,8,16H,4-5,7H2,1H3,(H2,15,17). The molecule has 0 spiro atoms. The summed E-state index contributed by atoms with van der Waals surface area (Å²) in [6, 6.07) is 6.26. The van der Waals surface area contributed by atoms with Crippen LogP contribution >= 0.6 is 31.9 Å². The van der Waals surface area contributed by atoms with Crippen LogP contribution in [0.15, 0.2) is 27.1 Å². The van der Waals surface area contributed by atoms with Crippen LogP contribution in [0.2, 0.25) is 0 Å². The molecule has 4 nitrogen and oxygen atoms in total. The van der Waals surface area contributed by atoms with Crippen LogP contribution in [-0.2, 0) is 9.53 Å². The molecule has 0 aliphatic carbocycles. The maximum Gasteiger partial charge on any atom is 0.243 e. The summed E-state index contributed by atoms with van der Waals surface area (Å²) in [6.45, 7) is 3.17. The van der Waals surface area contributed by atoms with Crippen molar-refractivity contribution in [1.29, 1.82) is 0 Å². The van der Waals surface area contributed by atoms with Gasteiger partial charge in [-0.2, -0.15) is 0 Å². The Morgan fingerprint density at radius 1 is 1.50 bits per heavy atom. The largest absolute Gasteiger partial charge is 0.370 e. The molecule has 1 atom stereocenters. The third-order valence-electron chi connectivity index (χ3n) is 2.37. The fourth-order valence-electron chi connectivity index (χ4n) is 1.48. The Morgan fingerprint density at radius 2 is 2.22 bits per heavy atom. The van der Waals surface area contributed by atoms with E-state index in [4.69, 9.17) is 10.5 Å². The number of hydrogen-bond donors (Lipinski definition) is 2. The van der Waals surface area contributed by atoms with Crippen LogP contribution in [-0.4, -0.2) is 25.7 Å². The first-order valence-electron chi connectivity index (χ1n) is 5.55. The Morgan fingerprint density at radius 3 is 2.83 bits per heavy atom. The normalized spacial score (nSPS) is 12.4. The smallest absolute Gasteiger partial charge is 0.243 e. The van der Waals surface area contributed by atoms with Gasteiger partial charge in [-0.25, -0.2) is 0 Å². The number of benzene rings is 1. The summed E-state index contributed by atoms with van der Waals surface area (Å²) in [4.78, 5) is 10.5. The van der Waals surface area contributed by atoms with Crippen LogP contribution in [0, 0.1) is 0 Å². The second kappa shape index (κ2) is 7.89. The van der Waals surface area contributed by atoms with Crippen molar-refractivity contribution in [2.45, 2.75) is 13.0 Å². The van der Waals surface area contributed by atoms with Crippen LogP contribution in [0.4, 0.5) is 0 Å². The first-order valence-corrected chi connectivity index (χ1v) is 7.13. The van der Waals surface area contributed by atoms with Gasteiger partial charge in [0.1, 0.15) is 6.61 Å². The second-order valence-corrected chi connectivity index (χ2v) is 5.63. The van der Waals surface area contributed by atoms with Crippen LogP contribution in [0.5, 0.6) is 0 Å². The lowest BCUT2D eigenvalue weighted by Crippen LogP contribution is -2.26. The van der Waals surface area contributed by atoms with Crippen LogP contribution in [0.25, 0.3) is 0 Å². The molecule has 1 amide bonds. The maximum atomic E-state index is 10.5. The molecule has 1 aromatic carbocycles. The fourth-order valence-corrected chi connectivity index (χ4v) is 2.87. The summed E-state index contributed by atoms with van der Waals surface area (Å²) in [5.41, 5.74) is 6.14. The zero-order chi connectivity index (χ0) is 13.5. The Hall–Kier alpha value is -0.430. The number of primary amides is 1. The SMILES string of the molecule is CC(NCCOCC(N)=O)c1ccc(Br)cc1Br.